The van der Waals surface area contributed by atoms with Gasteiger partial charge in [0.05, 0.1) is 4.90 Å². The van der Waals surface area contributed by atoms with E-state index < -0.39 is 10.0 Å². The summed E-state index contributed by atoms with van der Waals surface area (Å²) in [5, 5.41) is 0. The van der Waals surface area contributed by atoms with Crippen LogP contribution in [0.1, 0.15) is 5.56 Å². The Labute approximate surface area is 84.4 Å². The van der Waals surface area contributed by atoms with Crippen LogP contribution in [0.15, 0.2) is 29.2 Å². The van der Waals surface area contributed by atoms with Crippen molar-refractivity contribution in [2.24, 2.45) is 5.73 Å². The SMILES string of the molecule is CN(C)S(=O)(=O)c1cccc(CN)c1. The molecular formula is C9H14N2O2S. The lowest BCUT2D eigenvalue weighted by atomic mass is 10.2. The topological polar surface area (TPSA) is 63.4 Å². The maximum atomic E-state index is 11.7. The molecule has 0 saturated carbocycles. The van der Waals surface area contributed by atoms with Crippen LogP contribution < -0.4 is 5.73 Å². The highest BCUT2D eigenvalue weighted by Gasteiger charge is 2.16. The van der Waals surface area contributed by atoms with Gasteiger partial charge in [0.1, 0.15) is 0 Å². The van der Waals surface area contributed by atoms with E-state index in [-0.39, 0.29) is 4.90 Å². The molecule has 4 nitrogen and oxygen atoms in total. The summed E-state index contributed by atoms with van der Waals surface area (Å²) in [6.45, 7) is 0.344. The predicted octanol–water partition coefficient (Wildman–Crippen LogP) is 0.396. The fourth-order valence-corrected chi connectivity index (χ4v) is 2.02. The van der Waals surface area contributed by atoms with Crippen molar-refractivity contribution in [3.63, 3.8) is 0 Å². The van der Waals surface area contributed by atoms with Gasteiger partial charge in [-0.1, -0.05) is 12.1 Å². The number of benzene rings is 1. The second-order valence-corrected chi connectivity index (χ2v) is 5.29. The molecule has 0 aliphatic rings. The van der Waals surface area contributed by atoms with Gasteiger partial charge in [-0.05, 0) is 17.7 Å². The molecule has 1 rings (SSSR count). The van der Waals surface area contributed by atoms with Gasteiger partial charge in [0.2, 0.25) is 10.0 Å². The van der Waals surface area contributed by atoms with Crippen LogP contribution in [-0.2, 0) is 16.6 Å². The molecule has 5 heteroatoms. The summed E-state index contributed by atoms with van der Waals surface area (Å²) in [4.78, 5) is 0.283. The van der Waals surface area contributed by atoms with Gasteiger partial charge in [-0.3, -0.25) is 0 Å². The maximum Gasteiger partial charge on any atom is 0.242 e. The highest BCUT2D eigenvalue weighted by molar-refractivity contribution is 7.89. The summed E-state index contributed by atoms with van der Waals surface area (Å²) in [6.07, 6.45) is 0. The maximum absolute atomic E-state index is 11.7. The van der Waals surface area contributed by atoms with Crippen molar-refractivity contribution in [1.82, 2.24) is 4.31 Å². The number of nitrogens with two attached hydrogens (primary N) is 1. The van der Waals surface area contributed by atoms with E-state index in [0.29, 0.717) is 6.54 Å². The molecule has 0 aromatic heterocycles. The molecule has 0 radical (unpaired) electrons. The molecule has 0 atom stereocenters. The summed E-state index contributed by atoms with van der Waals surface area (Å²) >= 11 is 0. The van der Waals surface area contributed by atoms with Gasteiger partial charge in [0.25, 0.3) is 0 Å². The molecule has 1 aromatic rings. The molecule has 0 aliphatic carbocycles. The second-order valence-electron chi connectivity index (χ2n) is 3.14. The van der Waals surface area contributed by atoms with Crippen LogP contribution >= 0.6 is 0 Å². The average Bonchev–Trinajstić information content (AvgIpc) is 2.17. The first-order chi connectivity index (χ1) is 6.48. The van der Waals surface area contributed by atoms with Gasteiger partial charge in [-0.15, -0.1) is 0 Å². The van der Waals surface area contributed by atoms with E-state index in [1.54, 1.807) is 24.3 Å². The Balaban J connectivity index is 3.20. The molecule has 0 unspecified atom stereocenters. The molecule has 14 heavy (non-hydrogen) atoms. The fourth-order valence-electron chi connectivity index (χ4n) is 1.04. The lowest BCUT2D eigenvalue weighted by Crippen LogP contribution is -2.22. The Bertz CT molecular complexity index is 413. The van der Waals surface area contributed by atoms with Crippen LogP contribution in [0.5, 0.6) is 0 Å². The molecule has 0 fully saturated rings. The summed E-state index contributed by atoms with van der Waals surface area (Å²) in [5.41, 5.74) is 6.24. The predicted molar refractivity (Wildman–Crippen MR) is 55.2 cm³/mol. The first kappa shape index (κ1) is 11.2. The van der Waals surface area contributed by atoms with E-state index in [0.717, 1.165) is 5.56 Å². The largest absolute Gasteiger partial charge is 0.326 e. The molecule has 0 bridgehead atoms. The first-order valence-electron chi connectivity index (χ1n) is 4.20. The zero-order valence-corrected chi connectivity index (χ0v) is 9.08. The number of rotatable bonds is 3. The molecule has 0 spiro atoms. The molecule has 78 valence electrons. The van der Waals surface area contributed by atoms with Gasteiger partial charge >= 0.3 is 0 Å². The monoisotopic (exact) mass is 214 g/mol. The lowest BCUT2D eigenvalue weighted by Gasteiger charge is -2.11. The number of hydrogen-bond acceptors (Lipinski definition) is 3. The van der Waals surface area contributed by atoms with Crippen molar-refractivity contribution >= 4 is 10.0 Å². The van der Waals surface area contributed by atoms with Crippen LogP contribution in [0.2, 0.25) is 0 Å². The third kappa shape index (κ3) is 2.12. The van der Waals surface area contributed by atoms with Crippen LogP contribution in [0.3, 0.4) is 0 Å². The summed E-state index contributed by atoms with van der Waals surface area (Å²) in [5.74, 6) is 0. The first-order valence-corrected chi connectivity index (χ1v) is 5.64. The van der Waals surface area contributed by atoms with E-state index >= 15 is 0 Å². The highest BCUT2D eigenvalue weighted by atomic mass is 32.2. The van der Waals surface area contributed by atoms with E-state index in [1.807, 2.05) is 0 Å². The Morgan fingerprint density at radius 2 is 2.00 bits per heavy atom. The van der Waals surface area contributed by atoms with E-state index in [2.05, 4.69) is 0 Å². The number of nitrogens with zero attached hydrogens (tertiary/aromatic N) is 1. The molecular weight excluding hydrogens is 200 g/mol. The molecule has 2 N–H and O–H groups in total. The molecule has 1 aromatic carbocycles. The van der Waals surface area contributed by atoms with Crippen LogP contribution in [-0.4, -0.2) is 26.8 Å². The highest BCUT2D eigenvalue weighted by Crippen LogP contribution is 2.14. The number of hydrogen-bond donors (Lipinski definition) is 1. The van der Waals surface area contributed by atoms with Gasteiger partial charge < -0.3 is 5.73 Å². The zero-order chi connectivity index (χ0) is 10.8. The second kappa shape index (κ2) is 4.08. The van der Waals surface area contributed by atoms with Crippen molar-refractivity contribution in [2.45, 2.75) is 11.4 Å². The third-order valence-corrected chi connectivity index (χ3v) is 3.72. The molecule has 0 heterocycles. The summed E-state index contributed by atoms with van der Waals surface area (Å²) < 4.78 is 24.6. The summed E-state index contributed by atoms with van der Waals surface area (Å²) in [7, 11) is -0.323. The zero-order valence-electron chi connectivity index (χ0n) is 8.27. The number of sulfonamides is 1. The Morgan fingerprint density at radius 1 is 1.36 bits per heavy atom. The smallest absolute Gasteiger partial charge is 0.242 e. The van der Waals surface area contributed by atoms with E-state index in [9.17, 15) is 8.42 Å². The Morgan fingerprint density at radius 3 is 2.50 bits per heavy atom. The molecule has 0 saturated heterocycles. The Kier molecular flexibility index (Phi) is 3.25. The summed E-state index contributed by atoms with van der Waals surface area (Å²) in [6, 6.07) is 6.65. The molecule has 0 amide bonds. The van der Waals surface area contributed by atoms with Crippen LogP contribution in [0, 0.1) is 0 Å². The lowest BCUT2D eigenvalue weighted by molar-refractivity contribution is 0.520. The van der Waals surface area contributed by atoms with Crippen molar-refractivity contribution < 1.29 is 8.42 Å². The van der Waals surface area contributed by atoms with Crippen molar-refractivity contribution in [3.8, 4) is 0 Å². The van der Waals surface area contributed by atoms with Crippen LogP contribution in [0.4, 0.5) is 0 Å². The van der Waals surface area contributed by atoms with E-state index in [1.165, 1.54) is 18.4 Å². The van der Waals surface area contributed by atoms with Gasteiger partial charge in [0.15, 0.2) is 0 Å². The normalized spacial score (nSPS) is 12.0. The molecule has 0 aliphatic heterocycles. The fraction of sp³-hybridized carbons (Fsp3) is 0.333. The quantitative estimate of drug-likeness (QED) is 0.792. The van der Waals surface area contributed by atoms with Crippen molar-refractivity contribution in [2.75, 3.05) is 14.1 Å². The average molecular weight is 214 g/mol. The minimum Gasteiger partial charge on any atom is -0.326 e. The van der Waals surface area contributed by atoms with Gasteiger partial charge in [0, 0.05) is 20.6 Å². The standard InChI is InChI=1S/C9H14N2O2S/c1-11(2)14(12,13)9-5-3-4-8(6-9)7-10/h3-6H,7,10H2,1-2H3. The van der Waals surface area contributed by atoms with E-state index in [4.69, 9.17) is 5.73 Å². The van der Waals surface area contributed by atoms with Gasteiger partial charge in [-0.25, -0.2) is 12.7 Å². The third-order valence-electron chi connectivity index (χ3n) is 1.91. The minimum atomic E-state index is -3.33. The van der Waals surface area contributed by atoms with Crippen molar-refractivity contribution in [1.29, 1.82) is 0 Å². The van der Waals surface area contributed by atoms with Crippen molar-refractivity contribution in [3.05, 3.63) is 29.8 Å². The van der Waals surface area contributed by atoms with Gasteiger partial charge in [-0.2, -0.15) is 0 Å². The Hall–Kier alpha value is -0.910. The minimum absolute atomic E-state index is 0.283. The van der Waals surface area contributed by atoms with Crippen LogP contribution in [0.25, 0.3) is 0 Å².